The third kappa shape index (κ3) is 2.57. The fraction of sp³-hybridized carbons (Fsp3) is 0.333. The lowest BCUT2D eigenvalue weighted by atomic mass is 9.72. The lowest BCUT2D eigenvalue weighted by molar-refractivity contribution is -0.170. The van der Waals surface area contributed by atoms with Gasteiger partial charge in [0.2, 0.25) is 0 Å². The maximum atomic E-state index is 12.2. The van der Waals surface area contributed by atoms with Crippen molar-refractivity contribution in [3.05, 3.63) is 34.9 Å². The van der Waals surface area contributed by atoms with Gasteiger partial charge in [-0.2, -0.15) is 0 Å². The van der Waals surface area contributed by atoms with E-state index in [1.807, 2.05) is 0 Å². The smallest absolute Gasteiger partial charge is 0.346 e. The molecule has 0 amide bonds. The van der Waals surface area contributed by atoms with Gasteiger partial charge in [-0.3, -0.25) is 9.79 Å². The predicted octanol–water partition coefficient (Wildman–Crippen LogP) is 1.02. The van der Waals surface area contributed by atoms with Gasteiger partial charge >= 0.3 is 17.9 Å². The number of nitrogens with zero attached hydrogens (tertiary/aromatic N) is 1. The Morgan fingerprint density at radius 1 is 1.00 bits per heavy atom. The molecule has 122 valence electrons. The second-order valence-corrected chi connectivity index (χ2v) is 5.15. The Kier molecular flexibility index (Phi) is 4.70. The molecule has 0 radical (unpaired) electrons. The zero-order valence-electron chi connectivity index (χ0n) is 12.7. The Morgan fingerprint density at radius 2 is 1.52 bits per heavy atom. The van der Waals surface area contributed by atoms with Crippen LogP contribution in [0.4, 0.5) is 0 Å². The molecule has 23 heavy (non-hydrogen) atoms. The minimum atomic E-state index is -2.09. The van der Waals surface area contributed by atoms with Crippen LogP contribution in [0.1, 0.15) is 5.56 Å². The summed E-state index contributed by atoms with van der Waals surface area (Å²) < 4.78 is 14.0. The van der Waals surface area contributed by atoms with Crippen LogP contribution in [0.25, 0.3) is 0 Å². The summed E-state index contributed by atoms with van der Waals surface area (Å²) in [6.45, 7) is 0. The summed E-state index contributed by atoms with van der Waals surface area (Å²) in [4.78, 5) is 40.5. The average molecular weight is 340 g/mol. The Balaban J connectivity index is 2.58. The van der Waals surface area contributed by atoms with Gasteiger partial charge in [0.1, 0.15) is 5.92 Å². The molecule has 8 heteroatoms. The first-order chi connectivity index (χ1) is 10.9. The summed E-state index contributed by atoms with van der Waals surface area (Å²) in [5, 5.41) is 0.496. The molecule has 1 aromatic carbocycles. The van der Waals surface area contributed by atoms with Crippen molar-refractivity contribution in [2.24, 2.45) is 10.9 Å². The van der Waals surface area contributed by atoms with E-state index in [1.165, 1.54) is 0 Å². The molecule has 0 saturated heterocycles. The van der Waals surface area contributed by atoms with Crippen molar-refractivity contribution in [1.82, 2.24) is 0 Å². The maximum absolute atomic E-state index is 12.2. The largest absolute Gasteiger partial charge is 0.468 e. The molecule has 2 rings (SSSR count). The molecular formula is C15H14ClNO6. The first kappa shape index (κ1) is 17.0. The zero-order chi connectivity index (χ0) is 17.2. The number of aliphatic imine (C=N–C) groups is 1. The summed E-state index contributed by atoms with van der Waals surface area (Å²) in [6.07, 6.45) is 0. The summed E-state index contributed by atoms with van der Waals surface area (Å²) in [5.74, 6) is -4.02. The number of rotatable bonds is 4. The van der Waals surface area contributed by atoms with Crippen molar-refractivity contribution < 1.29 is 28.6 Å². The second-order valence-electron chi connectivity index (χ2n) is 4.71. The molecule has 1 aromatic rings. The molecule has 1 atom stereocenters. The van der Waals surface area contributed by atoms with Crippen LogP contribution in [0.3, 0.4) is 0 Å². The molecule has 7 nitrogen and oxygen atoms in total. The van der Waals surface area contributed by atoms with Gasteiger partial charge in [0.05, 0.1) is 27.0 Å². The van der Waals surface area contributed by atoms with Crippen molar-refractivity contribution in [2.45, 2.75) is 5.54 Å². The van der Waals surface area contributed by atoms with Crippen LogP contribution in [0, 0.1) is 5.92 Å². The SMILES string of the molecule is COC(=O)C1C(c2ccc(Cl)cc2)=NC1(C(=O)OC)C(=O)OC. The van der Waals surface area contributed by atoms with Gasteiger partial charge < -0.3 is 14.2 Å². The lowest BCUT2D eigenvalue weighted by Gasteiger charge is -2.39. The third-order valence-corrected chi connectivity index (χ3v) is 3.81. The van der Waals surface area contributed by atoms with Gasteiger partial charge in [-0.25, -0.2) is 9.59 Å². The van der Waals surface area contributed by atoms with Crippen molar-refractivity contribution in [3.63, 3.8) is 0 Å². The van der Waals surface area contributed by atoms with E-state index in [9.17, 15) is 14.4 Å². The van der Waals surface area contributed by atoms with Crippen LogP contribution < -0.4 is 0 Å². The lowest BCUT2D eigenvalue weighted by Crippen LogP contribution is -2.64. The Morgan fingerprint density at radius 3 is 1.96 bits per heavy atom. The van der Waals surface area contributed by atoms with Crippen LogP contribution in [0.15, 0.2) is 29.3 Å². The minimum Gasteiger partial charge on any atom is -0.468 e. The Labute approximate surface area is 137 Å². The highest BCUT2D eigenvalue weighted by Gasteiger charge is 2.66. The van der Waals surface area contributed by atoms with E-state index < -0.39 is 29.4 Å². The summed E-state index contributed by atoms with van der Waals surface area (Å²) >= 11 is 5.83. The molecule has 1 aliphatic rings. The minimum absolute atomic E-state index is 0.226. The molecule has 0 saturated carbocycles. The van der Waals surface area contributed by atoms with Crippen molar-refractivity contribution in [1.29, 1.82) is 0 Å². The van der Waals surface area contributed by atoms with Crippen molar-refractivity contribution in [2.75, 3.05) is 21.3 Å². The number of hydrogen-bond acceptors (Lipinski definition) is 7. The van der Waals surface area contributed by atoms with Crippen molar-refractivity contribution >= 4 is 35.2 Å². The molecule has 0 aromatic heterocycles. The molecule has 1 aliphatic heterocycles. The second kappa shape index (κ2) is 6.37. The predicted molar refractivity (Wildman–Crippen MR) is 80.3 cm³/mol. The Bertz CT molecular complexity index is 666. The molecule has 1 heterocycles. The van der Waals surface area contributed by atoms with E-state index in [0.717, 1.165) is 21.3 Å². The molecule has 0 fully saturated rings. The maximum Gasteiger partial charge on any atom is 0.346 e. The highest BCUT2D eigenvalue weighted by Crippen LogP contribution is 2.39. The van der Waals surface area contributed by atoms with Gasteiger partial charge in [0, 0.05) is 5.02 Å². The zero-order valence-corrected chi connectivity index (χ0v) is 13.4. The summed E-state index contributed by atoms with van der Waals surface area (Å²) in [5.41, 5.74) is -1.33. The van der Waals surface area contributed by atoms with Gasteiger partial charge in [-0.1, -0.05) is 23.7 Å². The number of carbonyl (C=O) groups excluding carboxylic acids is 3. The van der Waals surface area contributed by atoms with Gasteiger partial charge in [0.15, 0.2) is 0 Å². The molecule has 0 bridgehead atoms. The van der Waals surface area contributed by atoms with Crippen LogP contribution in [0.2, 0.25) is 5.02 Å². The van der Waals surface area contributed by atoms with Crippen LogP contribution in [-0.4, -0.2) is 50.5 Å². The van der Waals surface area contributed by atoms with Crippen LogP contribution in [-0.2, 0) is 28.6 Å². The average Bonchev–Trinajstić information content (AvgIpc) is 2.54. The fourth-order valence-corrected chi connectivity index (χ4v) is 2.55. The first-order valence-electron chi connectivity index (χ1n) is 6.52. The Hall–Kier alpha value is -2.41. The molecule has 0 N–H and O–H groups in total. The summed E-state index contributed by atoms with van der Waals surface area (Å²) in [6, 6.07) is 6.44. The molecule has 0 spiro atoms. The van der Waals surface area contributed by atoms with E-state index in [4.69, 9.17) is 16.3 Å². The quantitative estimate of drug-likeness (QED) is 0.462. The highest BCUT2D eigenvalue weighted by atomic mass is 35.5. The van der Waals surface area contributed by atoms with Gasteiger partial charge in [-0.15, -0.1) is 0 Å². The van der Waals surface area contributed by atoms with E-state index in [1.54, 1.807) is 24.3 Å². The highest BCUT2D eigenvalue weighted by molar-refractivity contribution is 6.31. The van der Waals surface area contributed by atoms with Crippen molar-refractivity contribution in [3.8, 4) is 0 Å². The topological polar surface area (TPSA) is 91.3 Å². The summed E-state index contributed by atoms with van der Waals surface area (Å²) in [7, 11) is 3.34. The number of methoxy groups -OCH3 is 3. The monoisotopic (exact) mass is 339 g/mol. The molecular weight excluding hydrogens is 326 g/mol. The number of halogens is 1. The normalized spacial score (nSPS) is 18.3. The molecule has 1 unspecified atom stereocenters. The van der Waals surface area contributed by atoms with E-state index in [-0.39, 0.29) is 5.71 Å². The standard InChI is InChI=1S/C15H14ClNO6/c1-21-12(18)10-11(8-4-6-9(16)7-5-8)17-15(10,13(19)22-2)14(20)23-3/h4-7,10H,1-3H3. The van der Waals surface area contributed by atoms with E-state index in [0.29, 0.717) is 10.6 Å². The van der Waals surface area contributed by atoms with Crippen LogP contribution >= 0.6 is 11.6 Å². The number of esters is 3. The third-order valence-electron chi connectivity index (χ3n) is 3.56. The van der Waals surface area contributed by atoms with Gasteiger partial charge in [0.25, 0.3) is 5.54 Å². The van der Waals surface area contributed by atoms with Gasteiger partial charge in [-0.05, 0) is 17.7 Å². The number of carbonyl (C=O) groups is 3. The number of benzene rings is 1. The number of hydrogen-bond donors (Lipinski definition) is 0. The fourth-order valence-electron chi connectivity index (χ4n) is 2.42. The van der Waals surface area contributed by atoms with Crippen LogP contribution in [0.5, 0.6) is 0 Å². The molecule has 0 aliphatic carbocycles. The van der Waals surface area contributed by atoms with E-state index >= 15 is 0 Å². The number of ether oxygens (including phenoxy) is 3. The first-order valence-corrected chi connectivity index (χ1v) is 6.90. The van der Waals surface area contributed by atoms with E-state index in [2.05, 4.69) is 14.5 Å².